The van der Waals surface area contributed by atoms with Crippen molar-refractivity contribution < 1.29 is 24.5 Å². The first-order valence-corrected chi connectivity index (χ1v) is 9.59. The largest absolute Gasteiger partial charge is 0.504 e. The number of methoxy groups -OCH3 is 1. The van der Waals surface area contributed by atoms with Crippen molar-refractivity contribution in [3.63, 3.8) is 0 Å². The average Bonchev–Trinajstić information content (AvgIpc) is 3.15. The van der Waals surface area contributed by atoms with Gasteiger partial charge in [-0.3, -0.25) is 4.79 Å². The zero-order valence-electron chi connectivity index (χ0n) is 16.9. The number of amides is 1. The fraction of sp³-hybridized carbons (Fsp3) is 0.667. The molecule has 2 heterocycles. The Morgan fingerprint density at radius 2 is 2.07 bits per heavy atom. The third-order valence-electron chi connectivity index (χ3n) is 6.35. The monoisotopic (exact) mass is 377 g/mol. The van der Waals surface area contributed by atoms with Crippen LogP contribution >= 0.6 is 0 Å². The zero-order chi connectivity index (χ0) is 20.0. The van der Waals surface area contributed by atoms with E-state index in [1.165, 1.54) is 7.11 Å². The van der Waals surface area contributed by atoms with Gasteiger partial charge >= 0.3 is 0 Å². The van der Waals surface area contributed by atoms with Crippen LogP contribution in [0.2, 0.25) is 0 Å². The number of ether oxygens (including phenoxy) is 2. The molecule has 6 heteroatoms. The number of nitrogens with zero attached hydrogens (tertiary/aromatic N) is 1. The van der Waals surface area contributed by atoms with E-state index in [2.05, 4.69) is 0 Å². The van der Waals surface area contributed by atoms with E-state index in [-0.39, 0.29) is 23.2 Å². The number of benzene rings is 1. The van der Waals surface area contributed by atoms with Gasteiger partial charge in [0.2, 0.25) is 0 Å². The number of likely N-dealkylation sites (tertiary alicyclic amines) is 1. The second-order valence-electron chi connectivity index (χ2n) is 8.79. The molecule has 27 heavy (non-hydrogen) atoms. The van der Waals surface area contributed by atoms with Crippen LogP contribution in [0.3, 0.4) is 0 Å². The van der Waals surface area contributed by atoms with Crippen LogP contribution in [0.5, 0.6) is 11.5 Å². The van der Waals surface area contributed by atoms with Gasteiger partial charge < -0.3 is 24.6 Å². The number of carbonyl (C=O) groups is 1. The van der Waals surface area contributed by atoms with Gasteiger partial charge in [0, 0.05) is 24.4 Å². The summed E-state index contributed by atoms with van der Waals surface area (Å²) < 4.78 is 11.1. The fourth-order valence-corrected chi connectivity index (χ4v) is 4.38. The van der Waals surface area contributed by atoms with Crippen molar-refractivity contribution >= 4 is 5.91 Å². The summed E-state index contributed by atoms with van der Waals surface area (Å²) in [6, 6.07) is 5.29. The van der Waals surface area contributed by atoms with Crippen LogP contribution in [0.15, 0.2) is 18.2 Å². The Hall–Kier alpha value is -1.79. The summed E-state index contributed by atoms with van der Waals surface area (Å²) in [7, 11) is 1.51. The maximum absolute atomic E-state index is 13.0. The molecule has 0 saturated carbocycles. The Morgan fingerprint density at radius 3 is 2.59 bits per heavy atom. The Labute approximate surface area is 161 Å². The van der Waals surface area contributed by atoms with Gasteiger partial charge in [-0.05, 0) is 51.3 Å². The standard InChI is InChI=1S/C21H31NO5/c1-13(23)21(4)12-22(19(25)18-8-9-20(2,3)27-18)11-15(21)14-6-7-17(26-5)16(24)10-14/h6-7,10,13,15,18,23-24H,8-9,11-12H2,1-5H3/t13-,15+,18+,21+/m1/s1. The Kier molecular flexibility index (Phi) is 5.16. The number of rotatable bonds is 4. The third kappa shape index (κ3) is 3.65. The lowest BCUT2D eigenvalue weighted by Gasteiger charge is -2.33. The van der Waals surface area contributed by atoms with Crippen LogP contribution < -0.4 is 4.74 Å². The van der Waals surface area contributed by atoms with Gasteiger partial charge in [0.15, 0.2) is 11.5 Å². The highest BCUT2D eigenvalue weighted by Gasteiger charge is 2.50. The topological polar surface area (TPSA) is 79.2 Å². The average molecular weight is 377 g/mol. The molecule has 0 spiro atoms. The maximum atomic E-state index is 13.0. The van der Waals surface area contributed by atoms with Crippen LogP contribution in [0, 0.1) is 5.41 Å². The van der Waals surface area contributed by atoms with Crippen LogP contribution in [0.1, 0.15) is 52.0 Å². The van der Waals surface area contributed by atoms with Crippen LogP contribution in [0.25, 0.3) is 0 Å². The number of phenolic OH excluding ortho intramolecular Hbond substituents is 1. The first-order chi connectivity index (χ1) is 12.6. The lowest BCUT2D eigenvalue weighted by Crippen LogP contribution is -2.41. The van der Waals surface area contributed by atoms with Gasteiger partial charge in [-0.2, -0.15) is 0 Å². The van der Waals surface area contributed by atoms with E-state index in [0.29, 0.717) is 18.8 Å². The summed E-state index contributed by atoms with van der Waals surface area (Å²) in [6.45, 7) is 8.73. The van der Waals surface area contributed by atoms with E-state index in [1.807, 2.05) is 31.7 Å². The first-order valence-electron chi connectivity index (χ1n) is 9.59. The Morgan fingerprint density at radius 1 is 1.37 bits per heavy atom. The number of carbonyl (C=O) groups excluding carboxylic acids is 1. The lowest BCUT2D eigenvalue weighted by molar-refractivity contribution is -0.145. The van der Waals surface area contributed by atoms with Gasteiger partial charge in [-0.1, -0.05) is 13.0 Å². The van der Waals surface area contributed by atoms with E-state index < -0.39 is 17.6 Å². The molecule has 3 rings (SSSR count). The Bertz CT molecular complexity index is 717. The van der Waals surface area contributed by atoms with Crippen molar-refractivity contribution in [3.05, 3.63) is 23.8 Å². The second kappa shape index (κ2) is 6.99. The van der Waals surface area contributed by atoms with Crippen molar-refractivity contribution in [1.82, 2.24) is 4.90 Å². The molecule has 0 aromatic heterocycles. The van der Waals surface area contributed by atoms with Crippen molar-refractivity contribution in [2.24, 2.45) is 5.41 Å². The molecule has 6 nitrogen and oxygen atoms in total. The minimum absolute atomic E-state index is 0.00677. The molecule has 1 aromatic rings. The first kappa shape index (κ1) is 20.0. The number of aliphatic hydroxyl groups excluding tert-OH is 1. The van der Waals surface area contributed by atoms with Gasteiger partial charge in [0.25, 0.3) is 5.91 Å². The molecular weight excluding hydrogens is 346 g/mol. The highest BCUT2D eigenvalue weighted by Crippen LogP contribution is 2.47. The third-order valence-corrected chi connectivity index (χ3v) is 6.35. The molecule has 2 fully saturated rings. The highest BCUT2D eigenvalue weighted by atomic mass is 16.5. The molecule has 0 bridgehead atoms. The summed E-state index contributed by atoms with van der Waals surface area (Å²) in [4.78, 5) is 14.9. The second-order valence-corrected chi connectivity index (χ2v) is 8.79. The van der Waals surface area contributed by atoms with Gasteiger partial charge in [0.1, 0.15) is 6.10 Å². The molecule has 2 saturated heterocycles. The lowest BCUT2D eigenvalue weighted by atomic mass is 9.72. The van der Waals surface area contributed by atoms with Crippen LogP contribution in [0.4, 0.5) is 0 Å². The molecule has 150 valence electrons. The predicted molar refractivity (Wildman–Crippen MR) is 102 cm³/mol. The molecule has 0 aliphatic carbocycles. The zero-order valence-corrected chi connectivity index (χ0v) is 16.9. The van der Waals surface area contributed by atoms with E-state index in [4.69, 9.17) is 9.47 Å². The SMILES string of the molecule is COc1ccc([C@@H]2CN(C(=O)[C@@H]3CCC(C)(C)O3)C[C@@]2(C)[C@@H](C)O)cc1O. The van der Waals surface area contributed by atoms with Crippen molar-refractivity contribution in [1.29, 1.82) is 0 Å². The molecule has 4 atom stereocenters. The van der Waals surface area contributed by atoms with Crippen LogP contribution in [-0.4, -0.2) is 59.0 Å². The normalized spacial score (nSPS) is 31.1. The van der Waals surface area contributed by atoms with E-state index >= 15 is 0 Å². The molecule has 0 unspecified atom stereocenters. The van der Waals surface area contributed by atoms with E-state index in [1.54, 1.807) is 19.1 Å². The molecule has 0 radical (unpaired) electrons. The maximum Gasteiger partial charge on any atom is 0.251 e. The summed E-state index contributed by atoms with van der Waals surface area (Å²) in [6.07, 6.45) is 0.564. The number of phenols is 1. The predicted octanol–water partition coefficient (Wildman–Crippen LogP) is 2.67. The van der Waals surface area contributed by atoms with Gasteiger partial charge in [0.05, 0.1) is 18.8 Å². The summed E-state index contributed by atoms with van der Waals surface area (Å²) in [5, 5.41) is 20.7. The van der Waals surface area contributed by atoms with E-state index in [0.717, 1.165) is 18.4 Å². The smallest absolute Gasteiger partial charge is 0.251 e. The highest BCUT2D eigenvalue weighted by molar-refractivity contribution is 5.82. The molecule has 1 aromatic carbocycles. The van der Waals surface area contributed by atoms with Crippen LogP contribution in [-0.2, 0) is 9.53 Å². The molecule has 1 amide bonds. The quantitative estimate of drug-likeness (QED) is 0.843. The number of hydrogen-bond donors (Lipinski definition) is 2. The minimum atomic E-state index is -0.606. The number of aliphatic hydroxyl groups is 1. The summed E-state index contributed by atoms with van der Waals surface area (Å²) >= 11 is 0. The van der Waals surface area contributed by atoms with E-state index in [9.17, 15) is 15.0 Å². The molecule has 2 aliphatic heterocycles. The number of hydrogen-bond acceptors (Lipinski definition) is 5. The Balaban J connectivity index is 1.85. The van der Waals surface area contributed by atoms with Crippen molar-refractivity contribution in [2.75, 3.05) is 20.2 Å². The van der Waals surface area contributed by atoms with Gasteiger partial charge in [-0.15, -0.1) is 0 Å². The van der Waals surface area contributed by atoms with Crippen molar-refractivity contribution in [3.8, 4) is 11.5 Å². The minimum Gasteiger partial charge on any atom is -0.504 e. The number of aromatic hydroxyl groups is 1. The summed E-state index contributed by atoms with van der Waals surface area (Å²) in [5.41, 5.74) is 0.110. The van der Waals surface area contributed by atoms with Crippen molar-refractivity contribution in [2.45, 2.75) is 64.3 Å². The molecule has 2 aliphatic rings. The fourth-order valence-electron chi connectivity index (χ4n) is 4.38. The molecule has 2 N–H and O–H groups in total. The van der Waals surface area contributed by atoms with Gasteiger partial charge in [-0.25, -0.2) is 0 Å². The molecular formula is C21H31NO5. The summed E-state index contributed by atoms with van der Waals surface area (Å²) in [5.74, 6) is 0.374.